The number of aliphatic imine (C=N–C) groups is 1. The fraction of sp³-hybridized carbons (Fsp3) is 0.231. The number of aldehydes is 1. The van der Waals surface area contributed by atoms with Crippen molar-refractivity contribution in [1.82, 2.24) is 15.8 Å². The van der Waals surface area contributed by atoms with Crippen LogP contribution in [0.15, 0.2) is 17.3 Å². The van der Waals surface area contributed by atoms with Crippen LogP contribution >= 0.6 is 11.3 Å². The Morgan fingerprint density at radius 2 is 2.24 bits per heavy atom. The molecule has 0 aliphatic carbocycles. The molecule has 0 aliphatic rings. The monoisotopic (exact) mass is 305 g/mol. The molecule has 0 fully saturated rings. The van der Waals surface area contributed by atoms with Gasteiger partial charge in [0.05, 0.1) is 21.6 Å². The number of nitrogens with zero attached hydrogens (tertiary/aromatic N) is 3. The first kappa shape index (κ1) is 14.9. The third-order valence-electron chi connectivity index (χ3n) is 2.67. The van der Waals surface area contributed by atoms with E-state index in [1.807, 2.05) is 25.1 Å². The van der Waals surface area contributed by atoms with Gasteiger partial charge in [0.25, 0.3) is 0 Å². The van der Waals surface area contributed by atoms with Crippen LogP contribution in [0.2, 0.25) is 0 Å². The normalized spacial score (nSPS) is 10.8. The fourth-order valence-corrected chi connectivity index (χ4v) is 2.74. The van der Waals surface area contributed by atoms with Crippen molar-refractivity contribution in [2.24, 2.45) is 4.99 Å². The minimum atomic E-state index is -0.233. The quantitative estimate of drug-likeness (QED) is 0.378. The number of pyridine rings is 1. The van der Waals surface area contributed by atoms with E-state index in [0.29, 0.717) is 10.6 Å². The summed E-state index contributed by atoms with van der Waals surface area (Å²) in [5.41, 5.74) is 6.40. The Morgan fingerprint density at radius 1 is 1.48 bits per heavy atom. The highest BCUT2D eigenvalue weighted by molar-refractivity contribution is 7.21. The summed E-state index contributed by atoms with van der Waals surface area (Å²) in [7, 11) is 3.83. The van der Waals surface area contributed by atoms with Crippen LogP contribution < -0.4 is 15.8 Å². The first-order valence-electron chi connectivity index (χ1n) is 6.13. The predicted molar refractivity (Wildman–Crippen MR) is 84.4 cm³/mol. The van der Waals surface area contributed by atoms with Crippen molar-refractivity contribution in [1.29, 1.82) is 0 Å². The Kier molecular flexibility index (Phi) is 4.49. The summed E-state index contributed by atoms with van der Waals surface area (Å²) >= 11 is 1.29. The van der Waals surface area contributed by atoms with Gasteiger partial charge in [-0.2, -0.15) is 0 Å². The number of carbonyl (C=O) groups is 2. The van der Waals surface area contributed by atoms with Crippen molar-refractivity contribution >= 4 is 51.5 Å². The molecule has 0 radical (unpaired) electrons. The highest BCUT2D eigenvalue weighted by Crippen LogP contribution is 2.40. The van der Waals surface area contributed by atoms with Crippen molar-refractivity contribution in [3.8, 4) is 0 Å². The van der Waals surface area contributed by atoms with Gasteiger partial charge in [-0.05, 0) is 6.07 Å². The van der Waals surface area contributed by atoms with Crippen LogP contribution in [0.5, 0.6) is 0 Å². The SMILES string of the molecule is CC(=O)NNC=Nc1c(C=O)sc2nccc(N(C)C)c12. The molecular weight excluding hydrogens is 290 g/mol. The van der Waals surface area contributed by atoms with E-state index in [-0.39, 0.29) is 5.91 Å². The molecule has 0 aromatic carbocycles. The van der Waals surface area contributed by atoms with Crippen molar-refractivity contribution in [3.05, 3.63) is 17.1 Å². The van der Waals surface area contributed by atoms with Crippen LogP contribution in [-0.4, -0.2) is 37.6 Å². The van der Waals surface area contributed by atoms with Gasteiger partial charge in [-0.1, -0.05) is 0 Å². The highest BCUT2D eigenvalue weighted by atomic mass is 32.1. The number of carbonyl (C=O) groups excluding carboxylic acids is 2. The standard InChI is InChI=1S/C13H15N5O2S/c1-8(20)17-16-7-15-12-10(6-19)21-13-11(12)9(18(2)3)4-5-14-13/h4-7H,1-3H3,(H,15,16)(H,17,20). The molecule has 7 nitrogen and oxygen atoms in total. The zero-order valence-corrected chi connectivity index (χ0v) is 12.7. The molecular formula is C13H15N5O2S. The minimum Gasteiger partial charge on any atom is -0.377 e. The number of amides is 1. The molecule has 2 aromatic rings. The van der Waals surface area contributed by atoms with Crippen LogP contribution in [0, 0.1) is 0 Å². The summed E-state index contributed by atoms with van der Waals surface area (Å²) in [6, 6.07) is 1.86. The maximum atomic E-state index is 11.2. The zero-order chi connectivity index (χ0) is 15.4. The van der Waals surface area contributed by atoms with Crippen molar-refractivity contribution in [3.63, 3.8) is 0 Å². The molecule has 8 heteroatoms. The van der Waals surface area contributed by atoms with E-state index in [9.17, 15) is 9.59 Å². The molecule has 1 amide bonds. The van der Waals surface area contributed by atoms with Crippen LogP contribution in [0.3, 0.4) is 0 Å². The topological polar surface area (TPSA) is 86.7 Å². The third kappa shape index (κ3) is 3.16. The Morgan fingerprint density at radius 3 is 2.86 bits per heavy atom. The summed E-state index contributed by atoms with van der Waals surface area (Å²) in [6.45, 7) is 1.38. The Balaban J connectivity index is 2.49. The van der Waals surface area contributed by atoms with E-state index < -0.39 is 0 Å². The fourth-order valence-electron chi connectivity index (χ4n) is 1.82. The first-order chi connectivity index (χ1) is 10.0. The van der Waals surface area contributed by atoms with E-state index in [4.69, 9.17) is 0 Å². The molecule has 0 saturated heterocycles. The average molecular weight is 305 g/mol. The van der Waals surface area contributed by atoms with Crippen LogP contribution in [0.25, 0.3) is 10.2 Å². The lowest BCUT2D eigenvalue weighted by Gasteiger charge is -2.13. The number of hydrogen-bond donors (Lipinski definition) is 2. The maximum absolute atomic E-state index is 11.2. The number of fused-ring (bicyclic) bond motifs is 1. The molecule has 2 N–H and O–H groups in total. The Bertz CT molecular complexity index is 708. The van der Waals surface area contributed by atoms with E-state index in [1.54, 1.807) is 6.20 Å². The number of hydrazine groups is 1. The maximum Gasteiger partial charge on any atom is 0.235 e. The van der Waals surface area contributed by atoms with Crippen molar-refractivity contribution < 1.29 is 9.59 Å². The van der Waals surface area contributed by atoms with E-state index >= 15 is 0 Å². The van der Waals surface area contributed by atoms with E-state index in [2.05, 4.69) is 20.8 Å². The summed E-state index contributed by atoms with van der Waals surface area (Å²) < 4.78 is 0. The summed E-state index contributed by atoms with van der Waals surface area (Å²) in [6.07, 6.45) is 3.80. The predicted octanol–water partition coefficient (Wildman–Crippen LogP) is 1.48. The van der Waals surface area contributed by atoms with Gasteiger partial charge in [0, 0.05) is 27.2 Å². The summed E-state index contributed by atoms with van der Waals surface area (Å²) in [4.78, 5) is 33.7. The first-order valence-corrected chi connectivity index (χ1v) is 6.95. The third-order valence-corrected chi connectivity index (χ3v) is 3.68. The van der Waals surface area contributed by atoms with E-state index in [1.165, 1.54) is 24.6 Å². The van der Waals surface area contributed by atoms with Gasteiger partial charge in [-0.25, -0.2) is 9.98 Å². The second-order valence-corrected chi connectivity index (χ2v) is 5.45. The number of hydrogen-bond acceptors (Lipinski definition) is 6. The number of rotatable bonds is 5. The molecule has 2 heterocycles. The van der Waals surface area contributed by atoms with Gasteiger partial charge >= 0.3 is 0 Å². The van der Waals surface area contributed by atoms with Gasteiger partial charge in [-0.15, -0.1) is 11.3 Å². The van der Waals surface area contributed by atoms with Gasteiger partial charge in [-0.3, -0.25) is 20.4 Å². The smallest absolute Gasteiger partial charge is 0.235 e. The number of thiophene rings is 1. The molecule has 0 aliphatic heterocycles. The molecule has 110 valence electrons. The van der Waals surface area contributed by atoms with Crippen molar-refractivity contribution in [2.75, 3.05) is 19.0 Å². The lowest BCUT2D eigenvalue weighted by atomic mass is 10.2. The lowest BCUT2D eigenvalue weighted by Crippen LogP contribution is -2.34. The van der Waals surface area contributed by atoms with Gasteiger partial charge < -0.3 is 4.90 Å². The number of nitrogens with one attached hydrogen (secondary N) is 2. The van der Waals surface area contributed by atoms with Gasteiger partial charge in [0.1, 0.15) is 11.2 Å². The molecule has 2 aromatic heterocycles. The molecule has 0 atom stereocenters. The van der Waals surface area contributed by atoms with Crippen LogP contribution in [0.4, 0.5) is 11.4 Å². The van der Waals surface area contributed by atoms with E-state index in [0.717, 1.165) is 22.2 Å². The Labute approximate surface area is 125 Å². The molecule has 0 saturated carbocycles. The zero-order valence-electron chi connectivity index (χ0n) is 11.9. The number of anilines is 1. The van der Waals surface area contributed by atoms with Crippen LogP contribution in [0.1, 0.15) is 16.6 Å². The average Bonchev–Trinajstić information content (AvgIpc) is 2.81. The largest absolute Gasteiger partial charge is 0.377 e. The summed E-state index contributed by atoms with van der Waals surface area (Å²) in [5, 5.41) is 0.815. The number of aromatic nitrogens is 1. The lowest BCUT2D eigenvalue weighted by molar-refractivity contribution is -0.119. The molecule has 2 rings (SSSR count). The van der Waals surface area contributed by atoms with Crippen LogP contribution in [-0.2, 0) is 4.79 Å². The second-order valence-electron chi connectivity index (χ2n) is 4.42. The van der Waals surface area contributed by atoms with Crippen molar-refractivity contribution in [2.45, 2.75) is 6.92 Å². The molecule has 0 bridgehead atoms. The summed E-state index contributed by atoms with van der Waals surface area (Å²) in [5.74, 6) is -0.233. The Hall–Kier alpha value is -2.48. The van der Waals surface area contributed by atoms with Gasteiger partial charge in [0.2, 0.25) is 5.91 Å². The molecule has 0 spiro atoms. The molecule has 0 unspecified atom stereocenters. The highest BCUT2D eigenvalue weighted by Gasteiger charge is 2.16. The molecule has 21 heavy (non-hydrogen) atoms. The second kappa shape index (κ2) is 6.31. The minimum absolute atomic E-state index is 0.233. The van der Waals surface area contributed by atoms with Gasteiger partial charge in [0.15, 0.2) is 6.29 Å².